The molecule has 208 valence electrons. The van der Waals surface area contributed by atoms with Crippen LogP contribution in [0, 0.1) is 0 Å². The van der Waals surface area contributed by atoms with Crippen LogP contribution in [0.4, 0.5) is 0 Å². The summed E-state index contributed by atoms with van der Waals surface area (Å²) < 4.78 is 15.7. The van der Waals surface area contributed by atoms with E-state index in [1.807, 2.05) is 24.4 Å². The average Bonchev–Trinajstić information content (AvgIpc) is 3.77. The van der Waals surface area contributed by atoms with Crippen molar-refractivity contribution in [1.29, 1.82) is 0 Å². The topological polar surface area (TPSA) is 44.1 Å². The Labute approximate surface area is 255 Å². The first-order chi connectivity index (χ1) is 22.3. The van der Waals surface area contributed by atoms with Gasteiger partial charge in [-0.15, -0.1) is 0 Å². The van der Waals surface area contributed by atoms with Gasteiger partial charge in [0.25, 0.3) is 0 Å². The van der Waals surface area contributed by atoms with Gasteiger partial charge >= 0.3 is 0 Å². The van der Waals surface area contributed by atoms with Crippen molar-refractivity contribution in [3.8, 4) is 16.8 Å². The lowest BCUT2D eigenvalue weighted by Crippen LogP contribution is -1.95. The maximum Gasteiger partial charge on any atom is 0.160 e. The zero-order valence-electron chi connectivity index (χ0n) is 23.9. The second-order valence-electron chi connectivity index (χ2n) is 11.9. The molecule has 11 aromatic rings. The lowest BCUT2D eigenvalue weighted by atomic mass is 9.91. The Bertz CT molecular complexity index is 2980. The van der Waals surface area contributed by atoms with Crippen LogP contribution in [-0.2, 0) is 0 Å². The Kier molecular flexibility index (Phi) is 4.29. The first kappa shape index (κ1) is 23.3. The van der Waals surface area contributed by atoms with Crippen LogP contribution < -0.4 is 0 Å². The summed E-state index contributed by atoms with van der Waals surface area (Å²) >= 11 is 0. The third-order valence-electron chi connectivity index (χ3n) is 9.60. The molecule has 45 heavy (non-hydrogen) atoms. The van der Waals surface area contributed by atoms with Crippen molar-refractivity contribution >= 4 is 87.4 Å². The number of para-hydroxylation sites is 1. The van der Waals surface area contributed by atoms with Crippen molar-refractivity contribution < 1.29 is 8.83 Å². The molecule has 0 aliphatic carbocycles. The van der Waals surface area contributed by atoms with Crippen molar-refractivity contribution in [3.63, 3.8) is 0 Å². The second-order valence-corrected chi connectivity index (χ2v) is 11.9. The van der Waals surface area contributed by atoms with E-state index in [0.717, 1.165) is 77.2 Å². The molecule has 0 aliphatic rings. The van der Waals surface area contributed by atoms with Crippen molar-refractivity contribution in [2.24, 2.45) is 0 Å². The summed E-state index contributed by atoms with van der Waals surface area (Å²) in [5, 5.41) is 10.4. The third-order valence-corrected chi connectivity index (χ3v) is 9.60. The van der Waals surface area contributed by atoms with Crippen LogP contribution in [-0.4, -0.2) is 9.55 Å². The van der Waals surface area contributed by atoms with Gasteiger partial charge in [-0.05, 0) is 69.6 Å². The van der Waals surface area contributed by atoms with Gasteiger partial charge in [0.15, 0.2) is 5.58 Å². The lowest BCUT2D eigenvalue weighted by Gasteiger charge is -2.12. The smallest absolute Gasteiger partial charge is 0.160 e. The van der Waals surface area contributed by atoms with Crippen molar-refractivity contribution in [3.05, 3.63) is 134 Å². The number of hydrogen-bond donors (Lipinski definition) is 0. The quantitative estimate of drug-likeness (QED) is 0.193. The zero-order chi connectivity index (χ0) is 29.2. The van der Waals surface area contributed by atoms with Gasteiger partial charge in [0.1, 0.15) is 16.7 Å². The van der Waals surface area contributed by atoms with Crippen molar-refractivity contribution in [1.82, 2.24) is 9.55 Å². The number of fused-ring (bicyclic) bond motifs is 9. The molecule has 0 unspecified atom stereocenters. The molecule has 0 bridgehead atoms. The number of nitrogens with zero attached hydrogens (tertiary/aromatic N) is 2. The number of aromatic nitrogens is 2. The Morgan fingerprint density at radius 2 is 1.20 bits per heavy atom. The van der Waals surface area contributed by atoms with Gasteiger partial charge in [-0.1, -0.05) is 84.9 Å². The lowest BCUT2D eigenvalue weighted by molar-refractivity contribution is 0.668. The van der Waals surface area contributed by atoms with Gasteiger partial charge in [-0.25, -0.2) is 0 Å². The highest BCUT2D eigenvalue weighted by Crippen LogP contribution is 2.48. The molecule has 0 aliphatic heterocycles. The fourth-order valence-corrected chi connectivity index (χ4v) is 7.69. The minimum absolute atomic E-state index is 0.862. The number of rotatable bonds is 2. The Hall–Kier alpha value is -6.13. The van der Waals surface area contributed by atoms with Crippen LogP contribution in [0.1, 0.15) is 0 Å². The standard InChI is InChI=1S/C41H22N2O2/c1-2-9-23(10-3-1)24-16-17-28-25-11-4-5-12-26(25)29-18-19-33(41-38(29)37(28)40(24)45-41)43-32-14-8-20-42-39(32)31-22-36-30(21-34(31)43)27-13-6-7-15-35(27)44-36/h1-22H. The van der Waals surface area contributed by atoms with E-state index in [1.165, 1.54) is 26.9 Å². The number of hydrogen-bond acceptors (Lipinski definition) is 3. The molecule has 0 atom stereocenters. The maximum absolute atomic E-state index is 7.11. The van der Waals surface area contributed by atoms with E-state index >= 15 is 0 Å². The second kappa shape index (κ2) is 8.28. The fraction of sp³-hybridized carbons (Fsp3) is 0. The van der Waals surface area contributed by atoms with Gasteiger partial charge in [0.2, 0.25) is 0 Å². The van der Waals surface area contributed by atoms with E-state index in [-0.39, 0.29) is 0 Å². The molecule has 0 saturated heterocycles. The fourth-order valence-electron chi connectivity index (χ4n) is 7.69. The first-order valence-electron chi connectivity index (χ1n) is 15.2. The Morgan fingerprint density at radius 1 is 0.467 bits per heavy atom. The summed E-state index contributed by atoms with van der Waals surface area (Å²) in [6.45, 7) is 0. The van der Waals surface area contributed by atoms with E-state index in [2.05, 4.69) is 114 Å². The van der Waals surface area contributed by atoms with E-state index < -0.39 is 0 Å². The summed E-state index contributed by atoms with van der Waals surface area (Å²) in [6.07, 6.45) is 1.86. The van der Waals surface area contributed by atoms with Gasteiger partial charge in [-0.2, -0.15) is 0 Å². The average molecular weight is 575 g/mol. The highest BCUT2D eigenvalue weighted by atomic mass is 16.3. The van der Waals surface area contributed by atoms with Crippen LogP contribution >= 0.6 is 0 Å². The molecule has 4 heteroatoms. The molecular weight excluding hydrogens is 552 g/mol. The minimum Gasteiger partial charge on any atom is -0.456 e. The van der Waals surface area contributed by atoms with Crippen LogP contribution in [0.2, 0.25) is 0 Å². The van der Waals surface area contributed by atoms with Crippen LogP contribution in [0.5, 0.6) is 0 Å². The van der Waals surface area contributed by atoms with Gasteiger partial charge in [0.05, 0.1) is 22.2 Å². The van der Waals surface area contributed by atoms with Crippen LogP contribution in [0.15, 0.2) is 142 Å². The summed E-state index contributed by atoms with van der Waals surface area (Å²) in [6, 6.07) is 45.0. The third kappa shape index (κ3) is 2.93. The first-order valence-corrected chi connectivity index (χ1v) is 15.2. The molecule has 0 amide bonds. The summed E-state index contributed by atoms with van der Waals surface area (Å²) in [5.41, 5.74) is 9.80. The SMILES string of the molecule is c1ccc(-c2ccc3c4ccccc4c4ccc(-n5c6cc7c(cc6c6ncccc65)oc5ccccc57)c5oc2c3c54)cc1. The Balaban J connectivity index is 1.34. The molecule has 0 fully saturated rings. The summed E-state index contributed by atoms with van der Waals surface area (Å²) in [4.78, 5) is 4.87. The molecule has 4 aromatic heterocycles. The minimum atomic E-state index is 0.862. The Morgan fingerprint density at radius 3 is 2.04 bits per heavy atom. The normalized spacial score (nSPS) is 12.4. The van der Waals surface area contributed by atoms with Crippen LogP contribution in [0.25, 0.3) is 104 Å². The van der Waals surface area contributed by atoms with E-state index in [9.17, 15) is 0 Å². The van der Waals surface area contributed by atoms with E-state index in [0.29, 0.717) is 0 Å². The predicted octanol–water partition coefficient (Wildman–Crippen LogP) is 11.4. The summed E-state index contributed by atoms with van der Waals surface area (Å²) in [5.74, 6) is 0. The monoisotopic (exact) mass is 574 g/mol. The largest absolute Gasteiger partial charge is 0.456 e. The van der Waals surface area contributed by atoms with Gasteiger partial charge in [0, 0.05) is 38.7 Å². The molecule has 0 saturated carbocycles. The molecule has 4 nitrogen and oxygen atoms in total. The number of furan rings is 2. The maximum atomic E-state index is 7.11. The molecular formula is C41H22N2O2. The van der Waals surface area contributed by atoms with Gasteiger partial charge < -0.3 is 13.4 Å². The van der Waals surface area contributed by atoms with Crippen molar-refractivity contribution in [2.75, 3.05) is 0 Å². The number of pyridine rings is 1. The number of benzene rings is 7. The molecule has 0 radical (unpaired) electrons. The predicted molar refractivity (Wildman–Crippen MR) is 185 cm³/mol. The highest BCUT2D eigenvalue weighted by molar-refractivity contribution is 6.35. The molecule has 11 rings (SSSR count). The molecule has 0 N–H and O–H groups in total. The zero-order valence-corrected chi connectivity index (χ0v) is 23.9. The highest BCUT2D eigenvalue weighted by Gasteiger charge is 2.25. The van der Waals surface area contributed by atoms with E-state index in [1.54, 1.807) is 0 Å². The van der Waals surface area contributed by atoms with Crippen LogP contribution in [0.3, 0.4) is 0 Å². The molecule has 7 aromatic carbocycles. The summed E-state index contributed by atoms with van der Waals surface area (Å²) in [7, 11) is 0. The van der Waals surface area contributed by atoms with Crippen molar-refractivity contribution in [2.45, 2.75) is 0 Å². The van der Waals surface area contributed by atoms with E-state index in [4.69, 9.17) is 13.8 Å². The molecule has 0 spiro atoms. The van der Waals surface area contributed by atoms with Gasteiger partial charge in [-0.3, -0.25) is 4.98 Å². The molecule has 4 heterocycles.